The lowest BCUT2D eigenvalue weighted by atomic mass is 9.92. The minimum absolute atomic E-state index is 1.08. The van der Waals surface area contributed by atoms with Crippen molar-refractivity contribution in [2.45, 2.75) is 0 Å². The summed E-state index contributed by atoms with van der Waals surface area (Å²) < 4.78 is 5.09. The molecule has 0 aliphatic heterocycles. The quantitative estimate of drug-likeness (QED) is 0.148. The Hall–Kier alpha value is -7.98. The molecule has 0 atom stereocenters. The lowest BCUT2D eigenvalue weighted by molar-refractivity contribution is 1.18. The average Bonchev–Trinajstić information content (AvgIpc) is 3.91. The fourth-order valence-corrected chi connectivity index (χ4v) is 10.7. The zero-order valence-electron chi connectivity index (χ0n) is 34.4. The van der Waals surface area contributed by atoms with E-state index in [2.05, 4.69) is 252 Å². The summed E-state index contributed by atoms with van der Waals surface area (Å²) in [4.78, 5) is 2.41. The molecule has 63 heavy (non-hydrogen) atoms. The summed E-state index contributed by atoms with van der Waals surface area (Å²) in [6.45, 7) is 0. The maximum absolute atomic E-state index is 2.47. The van der Waals surface area contributed by atoms with E-state index in [0.29, 0.717) is 0 Å². The molecule has 0 unspecified atom stereocenters. The van der Waals surface area contributed by atoms with Crippen LogP contribution in [0.4, 0.5) is 17.1 Å². The fraction of sp³-hybridized carbons (Fsp3) is 0. The van der Waals surface area contributed by atoms with E-state index in [9.17, 15) is 0 Å². The van der Waals surface area contributed by atoms with Gasteiger partial charge < -0.3 is 9.47 Å². The first-order valence-electron chi connectivity index (χ1n) is 21.5. The van der Waals surface area contributed by atoms with Gasteiger partial charge >= 0.3 is 0 Å². The molecule has 10 aromatic carbocycles. The first-order chi connectivity index (χ1) is 31.3. The van der Waals surface area contributed by atoms with Gasteiger partial charge in [0.05, 0.1) is 16.7 Å². The van der Waals surface area contributed by atoms with Gasteiger partial charge in [-0.05, 0) is 94.0 Å². The van der Waals surface area contributed by atoms with Crippen LogP contribution >= 0.6 is 11.3 Å². The smallest absolute Gasteiger partial charge is 0.0562 e. The molecular formula is C60H40N2S. The highest BCUT2D eigenvalue weighted by Gasteiger charge is 2.22. The third-order valence-corrected chi connectivity index (χ3v) is 13.6. The fourth-order valence-electron chi connectivity index (χ4n) is 9.49. The van der Waals surface area contributed by atoms with Gasteiger partial charge in [0.15, 0.2) is 0 Å². The molecule has 12 aromatic rings. The van der Waals surface area contributed by atoms with Gasteiger partial charge in [0.2, 0.25) is 0 Å². The van der Waals surface area contributed by atoms with Crippen molar-refractivity contribution in [3.63, 3.8) is 0 Å². The highest BCUT2D eigenvalue weighted by molar-refractivity contribution is 7.26. The number of hydrogen-bond donors (Lipinski definition) is 0. The standard InChI is InChI=1S/C60H40N2S/c1-5-18-41(19-6-1)44-32-37-57(55(38-44)43-22-9-3-10-23-43)62-56-30-15-13-26-49(56)50-36-34-47(40-58(50)62)61(45-24-11-4-12-25-45)46-33-35-48(54(39-46)42-20-7-2-8-21-42)52-28-17-29-53-51-27-14-16-31-59(51)63-60(52)53/h1-40H. The van der Waals surface area contributed by atoms with Crippen LogP contribution in [0.15, 0.2) is 243 Å². The first kappa shape index (κ1) is 36.8. The summed E-state index contributed by atoms with van der Waals surface area (Å²) in [5.41, 5.74) is 16.3. The topological polar surface area (TPSA) is 8.17 Å². The molecule has 0 aliphatic carbocycles. The third kappa shape index (κ3) is 6.41. The molecule has 0 saturated carbocycles. The van der Waals surface area contributed by atoms with Gasteiger partial charge in [-0.15, -0.1) is 11.3 Å². The van der Waals surface area contributed by atoms with E-state index in [4.69, 9.17) is 0 Å². The summed E-state index contributed by atoms with van der Waals surface area (Å²) in [6.07, 6.45) is 0. The summed E-state index contributed by atoms with van der Waals surface area (Å²) in [7, 11) is 0. The average molecular weight is 821 g/mol. The minimum atomic E-state index is 1.08. The predicted molar refractivity (Wildman–Crippen MR) is 270 cm³/mol. The Labute approximate surface area is 370 Å². The van der Waals surface area contributed by atoms with E-state index in [-0.39, 0.29) is 0 Å². The van der Waals surface area contributed by atoms with Gasteiger partial charge in [-0.2, -0.15) is 0 Å². The molecule has 0 bridgehead atoms. The van der Waals surface area contributed by atoms with Gasteiger partial charge in [-0.25, -0.2) is 0 Å². The van der Waals surface area contributed by atoms with Crippen LogP contribution < -0.4 is 4.90 Å². The van der Waals surface area contributed by atoms with Crippen LogP contribution in [-0.4, -0.2) is 4.57 Å². The molecule has 296 valence electrons. The largest absolute Gasteiger partial charge is 0.310 e. The summed E-state index contributed by atoms with van der Waals surface area (Å²) in [5.74, 6) is 0. The highest BCUT2D eigenvalue weighted by atomic mass is 32.1. The number of thiophene rings is 1. The number of nitrogens with zero attached hydrogens (tertiary/aromatic N) is 2. The lowest BCUT2D eigenvalue weighted by Crippen LogP contribution is -2.10. The Kier molecular flexibility index (Phi) is 9.06. The second-order valence-electron chi connectivity index (χ2n) is 16.1. The predicted octanol–water partition coefficient (Wildman–Crippen LogP) is 17.3. The van der Waals surface area contributed by atoms with Crippen LogP contribution in [-0.2, 0) is 0 Å². The van der Waals surface area contributed by atoms with Crippen molar-refractivity contribution in [2.75, 3.05) is 4.90 Å². The number of fused-ring (bicyclic) bond motifs is 6. The molecule has 3 heteroatoms. The van der Waals surface area contributed by atoms with Crippen LogP contribution in [0.1, 0.15) is 0 Å². The zero-order chi connectivity index (χ0) is 41.7. The van der Waals surface area contributed by atoms with E-state index < -0.39 is 0 Å². The summed E-state index contributed by atoms with van der Waals surface area (Å²) in [5, 5.41) is 5.05. The molecule has 12 rings (SSSR count). The zero-order valence-corrected chi connectivity index (χ0v) is 35.2. The molecule has 2 nitrogen and oxygen atoms in total. The van der Waals surface area contributed by atoms with Crippen molar-refractivity contribution in [1.82, 2.24) is 4.57 Å². The van der Waals surface area contributed by atoms with Crippen molar-refractivity contribution in [3.05, 3.63) is 243 Å². The van der Waals surface area contributed by atoms with E-state index in [1.165, 1.54) is 81.0 Å². The monoisotopic (exact) mass is 820 g/mol. The van der Waals surface area contributed by atoms with Gasteiger partial charge in [-0.3, -0.25) is 0 Å². The molecule has 2 heterocycles. The molecule has 0 saturated heterocycles. The van der Waals surface area contributed by atoms with E-state index >= 15 is 0 Å². The molecule has 0 radical (unpaired) electrons. The van der Waals surface area contributed by atoms with Crippen LogP contribution in [0.25, 0.3) is 92.2 Å². The van der Waals surface area contributed by atoms with Crippen LogP contribution in [0.5, 0.6) is 0 Å². The molecule has 0 amide bonds. The van der Waals surface area contributed by atoms with Gasteiger partial charge in [0.1, 0.15) is 0 Å². The normalized spacial score (nSPS) is 11.5. The maximum Gasteiger partial charge on any atom is 0.0562 e. The Bertz CT molecular complexity index is 3610. The Balaban J connectivity index is 1.08. The van der Waals surface area contributed by atoms with Crippen molar-refractivity contribution < 1.29 is 0 Å². The van der Waals surface area contributed by atoms with Crippen molar-refractivity contribution in [3.8, 4) is 50.2 Å². The molecular weight excluding hydrogens is 781 g/mol. The number of benzene rings is 10. The Morgan fingerprint density at radius 2 is 0.889 bits per heavy atom. The van der Waals surface area contributed by atoms with E-state index in [0.717, 1.165) is 28.3 Å². The number of para-hydroxylation sites is 2. The van der Waals surface area contributed by atoms with Crippen LogP contribution in [0.3, 0.4) is 0 Å². The SMILES string of the molecule is c1ccc(-c2ccc(-n3c4ccccc4c4ccc(N(c5ccccc5)c5ccc(-c6cccc7c6sc6ccccc67)c(-c6ccccc6)c5)cc43)c(-c3ccccc3)c2)cc1. The second-order valence-corrected chi connectivity index (χ2v) is 17.1. The van der Waals surface area contributed by atoms with E-state index in [1.807, 2.05) is 11.3 Å². The van der Waals surface area contributed by atoms with Gasteiger partial charge in [0, 0.05) is 59.1 Å². The summed E-state index contributed by atoms with van der Waals surface area (Å²) in [6, 6.07) is 88.4. The molecule has 0 N–H and O–H groups in total. The molecule has 0 fully saturated rings. The Morgan fingerprint density at radius 1 is 0.302 bits per heavy atom. The van der Waals surface area contributed by atoms with Gasteiger partial charge in [0.25, 0.3) is 0 Å². The lowest BCUT2D eigenvalue weighted by Gasteiger charge is -2.27. The van der Waals surface area contributed by atoms with Crippen molar-refractivity contribution >= 4 is 70.4 Å². The second kappa shape index (κ2) is 15.5. The van der Waals surface area contributed by atoms with Gasteiger partial charge in [-0.1, -0.05) is 182 Å². The maximum atomic E-state index is 2.47. The van der Waals surface area contributed by atoms with Crippen LogP contribution in [0.2, 0.25) is 0 Å². The van der Waals surface area contributed by atoms with Crippen molar-refractivity contribution in [1.29, 1.82) is 0 Å². The molecule has 0 aliphatic rings. The minimum Gasteiger partial charge on any atom is -0.310 e. The number of hydrogen-bond acceptors (Lipinski definition) is 2. The molecule has 2 aromatic heterocycles. The summed E-state index contributed by atoms with van der Waals surface area (Å²) >= 11 is 1.88. The third-order valence-electron chi connectivity index (χ3n) is 12.4. The number of anilines is 3. The van der Waals surface area contributed by atoms with Crippen LogP contribution in [0, 0.1) is 0 Å². The highest BCUT2D eigenvalue weighted by Crippen LogP contribution is 2.47. The van der Waals surface area contributed by atoms with Crippen molar-refractivity contribution in [2.24, 2.45) is 0 Å². The number of aromatic nitrogens is 1. The molecule has 0 spiro atoms. The first-order valence-corrected chi connectivity index (χ1v) is 22.3. The Morgan fingerprint density at radius 3 is 1.65 bits per heavy atom. The van der Waals surface area contributed by atoms with E-state index in [1.54, 1.807) is 0 Å². The number of rotatable bonds is 8.